The van der Waals surface area contributed by atoms with Crippen molar-refractivity contribution in [1.82, 2.24) is 0 Å². The van der Waals surface area contributed by atoms with Gasteiger partial charge >= 0.3 is 0 Å². The Balaban J connectivity index is 1.93. The average Bonchev–Trinajstić information content (AvgIpc) is 2.27. The molecule has 1 aromatic rings. The minimum atomic E-state index is 0.632. The number of anilines is 1. The molecule has 0 aromatic heterocycles. The summed E-state index contributed by atoms with van der Waals surface area (Å²) in [6.45, 7) is 4.73. The molecule has 0 amide bonds. The topological polar surface area (TPSA) is 12.0 Å². The molecule has 0 aliphatic heterocycles. The smallest absolute Gasteiger partial charge is 0.0407 e. The number of hydrogen-bond acceptors (Lipinski definition) is 1. The molecule has 1 aromatic carbocycles. The Morgan fingerprint density at radius 2 is 1.75 bits per heavy atom. The Hall–Kier alpha value is -0.690. The fourth-order valence-corrected chi connectivity index (χ4v) is 2.59. The normalized spacial score (nSPS) is 30.1. The third kappa shape index (κ3) is 2.91. The lowest BCUT2D eigenvalue weighted by molar-refractivity contribution is 0.261. The highest BCUT2D eigenvalue weighted by molar-refractivity contribution is 6.30. The van der Waals surface area contributed by atoms with Crippen LogP contribution in [0.4, 0.5) is 5.69 Å². The second-order valence-electron chi connectivity index (χ2n) is 5.12. The standard InChI is InChI=1S/C14H20ClN/c1-10-3-6-14(9-11(10)2)16-13-7-4-12(15)5-8-13/h4-5,7-8,10-11,14,16H,3,6,9H2,1-2H3. The Morgan fingerprint density at radius 3 is 2.38 bits per heavy atom. The summed E-state index contributed by atoms with van der Waals surface area (Å²) in [4.78, 5) is 0. The van der Waals surface area contributed by atoms with Gasteiger partial charge in [-0.1, -0.05) is 25.4 Å². The van der Waals surface area contributed by atoms with E-state index in [2.05, 4.69) is 31.3 Å². The molecule has 3 atom stereocenters. The first-order chi connectivity index (χ1) is 7.65. The highest BCUT2D eigenvalue weighted by Gasteiger charge is 2.24. The lowest BCUT2D eigenvalue weighted by atomic mass is 9.79. The minimum Gasteiger partial charge on any atom is -0.382 e. The molecule has 0 bridgehead atoms. The maximum Gasteiger partial charge on any atom is 0.0407 e. The highest BCUT2D eigenvalue weighted by atomic mass is 35.5. The lowest BCUT2D eigenvalue weighted by Crippen LogP contribution is -2.30. The first-order valence-corrected chi connectivity index (χ1v) is 6.55. The number of rotatable bonds is 2. The molecular formula is C14H20ClN. The van der Waals surface area contributed by atoms with Crippen molar-refractivity contribution in [2.24, 2.45) is 11.8 Å². The fraction of sp³-hybridized carbons (Fsp3) is 0.571. The monoisotopic (exact) mass is 237 g/mol. The van der Waals surface area contributed by atoms with Crippen molar-refractivity contribution in [1.29, 1.82) is 0 Å². The Labute approximate surface area is 103 Å². The van der Waals surface area contributed by atoms with Gasteiger partial charge in [0.25, 0.3) is 0 Å². The second kappa shape index (κ2) is 5.09. The molecule has 3 unspecified atom stereocenters. The van der Waals surface area contributed by atoms with E-state index in [0.717, 1.165) is 16.9 Å². The largest absolute Gasteiger partial charge is 0.382 e. The van der Waals surface area contributed by atoms with Crippen LogP contribution in [0.25, 0.3) is 0 Å². The maximum absolute atomic E-state index is 5.87. The van der Waals surface area contributed by atoms with Crippen molar-refractivity contribution in [2.75, 3.05) is 5.32 Å². The molecule has 1 N–H and O–H groups in total. The summed E-state index contributed by atoms with van der Waals surface area (Å²) in [5, 5.41) is 4.40. The SMILES string of the molecule is CC1CCC(Nc2ccc(Cl)cc2)CC1C. The van der Waals surface area contributed by atoms with Crippen LogP contribution in [0.3, 0.4) is 0 Å². The van der Waals surface area contributed by atoms with Gasteiger partial charge in [-0.05, 0) is 55.4 Å². The molecule has 88 valence electrons. The van der Waals surface area contributed by atoms with Crippen molar-refractivity contribution < 1.29 is 0 Å². The van der Waals surface area contributed by atoms with Crippen LogP contribution in [0.15, 0.2) is 24.3 Å². The molecule has 2 heteroatoms. The van der Waals surface area contributed by atoms with Crippen LogP contribution in [-0.2, 0) is 0 Å². The van der Waals surface area contributed by atoms with E-state index in [1.54, 1.807) is 0 Å². The molecule has 16 heavy (non-hydrogen) atoms. The van der Waals surface area contributed by atoms with Crippen LogP contribution in [-0.4, -0.2) is 6.04 Å². The summed E-state index contributed by atoms with van der Waals surface area (Å²) in [5.74, 6) is 1.71. The van der Waals surface area contributed by atoms with Gasteiger partial charge in [-0.2, -0.15) is 0 Å². The molecule has 0 radical (unpaired) electrons. The van der Waals surface area contributed by atoms with Crippen LogP contribution >= 0.6 is 11.6 Å². The van der Waals surface area contributed by atoms with Gasteiger partial charge in [0, 0.05) is 16.8 Å². The fourth-order valence-electron chi connectivity index (χ4n) is 2.46. The number of halogens is 1. The van der Waals surface area contributed by atoms with Crippen molar-refractivity contribution >= 4 is 17.3 Å². The summed E-state index contributed by atoms with van der Waals surface area (Å²) in [6, 6.07) is 8.64. The lowest BCUT2D eigenvalue weighted by Gasteiger charge is -2.33. The van der Waals surface area contributed by atoms with Gasteiger partial charge in [0.2, 0.25) is 0 Å². The van der Waals surface area contributed by atoms with E-state index in [0.29, 0.717) is 6.04 Å². The molecule has 0 saturated heterocycles. The molecule has 1 aliphatic rings. The summed E-state index contributed by atoms with van der Waals surface area (Å²) in [7, 11) is 0. The van der Waals surface area contributed by atoms with Crippen molar-refractivity contribution in [2.45, 2.75) is 39.2 Å². The molecule has 0 heterocycles. The molecule has 1 aliphatic carbocycles. The zero-order chi connectivity index (χ0) is 11.5. The summed E-state index contributed by atoms with van der Waals surface area (Å²) >= 11 is 5.87. The Kier molecular flexibility index (Phi) is 3.75. The van der Waals surface area contributed by atoms with Crippen LogP contribution in [0, 0.1) is 11.8 Å². The van der Waals surface area contributed by atoms with Gasteiger partial charge in [0.15, 0.2) is 0 Å². The Bertz CT molecular complexity index is 333. The van der Waals surface area contributed by atoms with Gasteiger partial charge in [-0.25, -0.2) is 0 Å². The second-order valence-corrected chi connectivity index (χ2v) is 5.55. The predicted molar refractivity (Wildman–Crippen MR) is 71.0 cm³/mol. The first kappa shape index (κ1) is 11.8. The van der Waals surface area contributed by atoms with E-state index in [9.17, 15) is 0 Å². The van der Waals surface area contributed by atoms with E-state index < -0.39 is 0 Å². The van der Waals surface area contributed by atoms with Crippen molar-refractivity contribution in [3.05, 3.63) is 29.3 Å². The minimum absolute atomic E-state index is 0.632. The van der Waals surface area contributed by atoms with E-state index >= 15 is 0 Å². The van der Waals surface area contributed by atoms with E-state index in [-0.39, 0.29) is 0 Å². The van der Waals surface area contributed by atoms with Gasteiger partial charge in [0.05, 0.1) is 0 Å². The number of hydrogen-bond donors (Lipinski definition) is 1. The van der Waals surface area contributed by atoms with Gasteiger partial charge in [-0.15, -0.1) is 0 Å². The zero-order valence-corrected chi connectivity index (χ0v) is 10.8. The number of benzene rings is 1. The summed E-state index contributed by atoms with van der Waals surface area (Å²) < 4.78 is 0. The zero-order valence-electron chi connectivity index (χ0n) is 10.0. The quantitative estimate of drug-likeness (QED) is 0.794. The molecule has 2 rings (SSSR count). The van der Waals surface area contributed by atoms with Crippen LogP contribution < -0.4 is 5.32 Å². The molecule has 0 spiro atoms. The Morgan fingerprint density at radius 1 is 1.06 bits per heavy atom. The van der Waals surface area contributed by atoms with Crippen LogP contribution in [0.5, 0.6) is 0 Å². The summed E-state index contributed by atoms with van der Waals surface area (Å²) in [5.41, 5.74) is 1.19. The number of nitrogens with one attached hydrogen (secondary N) is 1. The van der Waals surface area contributed by atoms with Gasteiger partial charge in [0.1, 0.15) is 0 Å². The third-order valence-corrected chi connectivity index (χ3v) is 4.07. The van der Waals surface area contributed by atoms with Crippen molar-refractivity contribution in [3.63, 3.8) is 0 Å². The highest BCUT2D eigenvalue weighted by Crippen LogP contribution is 2.31. The molecule has 1 saturated carbocycles. The van der Waals surface area contributed by atoms with E-state index in [1.165, 1.54) is 24.9 Å². The van der Waals surface area contributed by atoms with E-state index in [4.69, 9.17) is 11.6 Å². The predicted octanol–water partition coefficient (Wildman–Crippen LogP) is 4.58. The molecule has 1 fully saturated rings. The van der Waals surface area contributed by atoms with Crippen LogP contribution in [0.1, 0.15) is 33.1 Å². The summed E-state index contributed by atoms with van der Waals surface area (Å²) in [6.07, 6.45) is 3.91. The van der Waals surface area contributed by atoms with E-state index in [1.807, 2.05) is 12.1 Å². The third-order valence-electron chi connectivity index (χ3n) is 3.81. The van der Waals surface area contributed by atoms with Gasteiger partial charge < -0.3 is 5.32 Å². The van der Waals surface area contributed by atoms with Crippen LogP contribution in [0.2, 0.25) is 5.02 Å². The molecule has 1 nitrogen and oxygen atoms in total. The average molecular weight is 238 g/mol. The first-order valence-electron chi connectivity index (χ1n) is 6.17. The maximum atomic E-state index is 5.87. The van der Waals surface area contributed by atoms with Crippen molar-refractivity contribution in [3.8, 4) is 0 Å². The van der Waals surface area contributed by atoms with Gasteiger partial charge in [-0.3, -0.25) is 0 Å². The molecular weight excluding hydrogens is 218 g/mol.